The molecule has 14 heavy (non-hydrogen) atoms. The van der Waals surface area contributed by atoms with Crippen LogP contribution in [0.3, 0.4) is 0 Å². The van der Waals surface area contributed by atoms with Gasteiger partial charge in [0.2, 0.25) is 0 Å². The maximum Gasteiger partial charge on any atom is 0.349 e. The Morgan fingerprint density at radius 2 is 2.50 bits per heavy atom. The molecule has 0 amide bonds. The number of hydrogen-bond donors (Lipinski definition) is 2. The SMILES string of the molecule is Nc1ccn(C2CCCNC2)c(=O)n1. The zero-order valence-electron chi connectivity index (χ0n) is 7.94. The molecule has 0 radical (unpaired) electrons. The lowest BCUT2D eigenvalue weighted by Crippen LogP contribution is -2.37. The van der Waals surface area contributed by atoms with Crippen LogP contribution in [0.15, 0.2) is 17.1 Å². The molecule has 0 saturated carbocycles. The number of piperidine rings is 1. The highest BCUT2D eigenvalue weighted by Gasteiger charge is 2.15. The first kappa shape index (κ1) is 9.21. The van der Waals surface area contributed by atoms with Gasteiger partial charge in [0.25, 0.3) is 0 Å². The van der Waals surface area contributed by atoms with Crippen molar-refractivity contribution < 1.29 is 0 Å². The fraction of sp³-hybridized carbons (Fsp3) is 0.556. The summed E-state index contributed by atoms with van der Waals surface area (Å²) >= 11 is 0. The predicted molar refractivity (Wildman–Crippen MR) is 54.1 cm³/mol. The van der Waals surface area contributed by atoms with Crippen LogP contribution >= 0.6 is 0 Å². The third-order valence-electron chi connectivity index (χ3n) is 2.52. The number of nitrogen functional groups attached to an aromatic ring is 1. The predicted octanol–water partition coefficient (Wildman–Crippen LogP) is -0.250. The summed E-state index contributed by atoms with van der Waals surface area (Å²) in [5, 5.41) is 3.26. The van der Waals surface area contributed by atoms with Crippen molar-refractivity contribution in [3.63, 3.8) is 0 Å². The Morgan fingerprint density at radius 1 is 1.64 bits per heavy atom. The van der Waals surface area contributed by atoms with Crippen molar-refractivity contribution in [1.29, 1.82) is 0 Å². The molecule has 1 unspecified atom stereocenters. The van der Waals surface area contributed by atoms with Crippen LogP contribution in [-0.4, -0.2) is 22.6 Å². The van der Waals surface area contributed by atoms with E-state index in [2.05, 4.69) is 10.3 Å². The monoisotopic (exact) mass is 194 g/mol. The molecule has 76 valence electrons. The Balaban J connectivity index is 2.26. The van der Waals surface area contributed by atoms with E-state index in [0.717, 1.165) is 25.9 Å². The van der Waals surface area contributed by atoms with Gasteiger partial charge >= 0.3 is 5.69 Å². The van der Waals surface area contributed by atoms with Gasteiger partial charge in [-0.15, -0.1) is 0 Å². The van der Waals surface area contributed by atoms with Crippen molar-refractivity contribution in [3.8, 4) is 0 Å². The molecule has 1 fully saturated rings. The minimum atomic E-state index is -0.251. The van der Waals surface area contributed by atoms with Crippen LogP contribution in [0.1, 0.15) is 18.9 Å². The fourth-order valence-electron chi connectivity index (χ4n) is 1.77. The summed E-state index contributed by atoms with van der Waals surface area (Å²) in [4.78, 5) is 15.2. The van der Waals surface area contributed by atoms with Gasteiger partial charge in [-0.2, -0.15) is 4.98 Å². The Bertz CT molecular complexity index is 367. The number of hydrogen-bond acceptors (Lipinski definition) is 4. The van der Waals surface area contributed by atoms with E-state index in [4.69, 9.17) is 5.73 Å². The van der Waals surface area contributed by atoms with E-state index in [9.17, 15) is 4.79 Å². The molecule has 3 N–H and O–H groups in total. The van der Waals surface area contributed by atoms with E-state index in [1.165, 1.54) is 0 Å². The molecular formula is C9H14N4O. The summed E-state index contributed by atoms with van der Waals surface area (Å²) in [5.41, 5.74) is 5.17. The molecule has 1 saturated heterocycles. The summed E-state index contributed by atoms with van der Waals surface area (Å²) < 4.78 is 1.66. The first-order chi connectivity index (χ1) is 6.77. The second-order valence-electron chi connectivity index (χ2n) is 3.54. The highest BCUT2D eigenvalue weighted by Crippen LogP contribution is 2.13. The van der Waals surface area contributed by atoms with E-state index in [0.29, 0.717) is 0 Å². The molecule has 1 atom stereocenters. The van der Waals surface area contributed by atoms with Gasteiger partial charge in [-0.1, -0.05) is 0 Å². The fourth-order valence-corrected chi connectivity index (χ4v) is 1.77. The van der Waals surface area contributed by atoms with Crippen molar-refractivity contribution in [1.82, 2.24) is 14.9 Å². The molecule has 0 bridgehead atoms. The maximum atomic E-state index is 11.5. The summed E-state index contributed by atoms with van der Waals surface area (Å²) in [5.74, 6) is 0.287. The van der Waals surface area contributed by atoms with Crippen molar-refractivity contribution >= 4 is 5.82 Å². The minimum absolute atomic E-state index is 0.226. The first-order valence-corrected chi connectivity index (χ1v) is 4.83. The average molecular weight is 194 g/mol. The Labute approximate surface area is 82.0 Å². The molecule has 1 aliphatic heterocycles. The molecular weight excluding hydrogens is 180 g/mol. The van der Waals surface area contributed by atoms with E-state index in [-0.39, 0.29) is 17.5 Å². The topological polar surface area (TPSA) is 72.9 Å². The van der Waals surface area contributed by atoms with Crippen molar-refractivity contribution in [3.05, 3.63) is 22.7 Å². The van der Waals surface area contributed by atoms with Gasteiger partial charge in [0.15, 0.2) is 0 Å². The third-order valence-corrected chi connectivity index (χ3v) is 2.52. The number of nitrogens with one attached hydrogen (secondary N) is 1. The van der Waals surface area contributed by atoms with Gasteiger partial charge in [-0.3, -0.25) is 4.57 Å². The van der Waals surface area contributed by atoms with Crippen molar-refractivity contribution in [2.75, 3.05) is 18.8 Å². The second-order valence-corrected chi connectivity index (χ2v) is 3.54. The van der Waals surface area contributed by atoms with Crippen LogP contribution in [-0.2, 0) is 0 Å². The van der Waals surface area contributed by atoms with E-state index in [1.54, 1.807) is 16.8 Å². The third kappa shape index (κ3) is 1.77. The number of nitrogens with two attached hydrogens (primary N) is 1. The highest BCUT2D eigenvalue weighted by molar-refractivity contribution is 5.23. The molecule has 2 heterocycles. The Kier molecular flexibility index (Phi) is 2.49. The molecule has 1 aromatic rings. The number of nitrogens with zero attached hydrogens (tertiary/aromatic N) is 2. The normalized spacial score (nSPS) is 22.1. The standard InChI is InChI=1S/C9H14N4O/c10-8-3-5-13(9(14)12-8)7-2-1-4-11-6-7/h3,5,7,11H,1-2,4,6H2,(H2,10,12,14). The van der Waals surface area contributed by atoms with E-state index >= 15 is 0 Å². The second kappa shape index (κ2) is 3.79. The van der Waals surface area contributed by atoms with E-state index in [1.807, 2.05) is 0 Å². The van der Waals surface area contributed by atoms with E-state index < -0.39 is 0 Å². The van der Waals surface area contributed by atoms with Gasteiger partial charge in [0.1, 0.15) is 5.82 Å². The lowest BCUT2D eigenvalue weighted by molar-refractivity contribution is 0.360. The quantitative estimate of drug-likeness (QED) is 0.646. The molecule has 1 aromatic heterocycles. The van der Waals surface area contributed by atoms with Gasteiger partial charge in [-0.25, -0.2) is 4.79 Å². The summed E-state index contributed by atoms with van der Waals surface area (Å²) in [7, 11) is 0. The Hall–Kier alpha value is -1.36. The van der Waals surface area contributed by atoms with Gasteiger partial charge in [0, 0.05) is 12.7 Å². The van der Waals surface area contributed by atoms with Crippen LogP contribution < -0.4 is 16.7 Å². The lowest BCUT2D eigenvalue weighted by atomic mass is 10.1. The molecule has 0 spiro atoms. The summed E-state index contributed by atoms with van der Waals surface area (Å²) in [6.07, 6.45) is 3.85. The van der Waals surface area contributed by atoms with Crippen LogP contribution in [0.4, 0.5) is 5.82 Å². The highest BCUT2D eigenvalue weighted by atomic mass is 16.1. The molecule has 0 aliphatic carbocycles. The number of rotatable bonds is 1. The zero-order valence-corrected chi connectivity index (χ0v) is 7.94. The van der Waals surface area contributed by atoms with Gasteiger partial charge < -0.3 is 11.1 Å². The Morgan fingerprint density at radius 3 is 3.14 bits per heavy atom. The zero-order chi connectivity index (χ0) is 9.97. The molecule has 1 aliphatic rings. The number of anilines is 1. The van der Waals surface area contributed by atoms with Gasteiger partial charge in [0.05, 0.1) is 6.04 Å². The first-order valence-electron chi connectivity index (χ1n) is 4.83. The molecule has 0 aromatic carbocycles. The number of aromatic nitrogens is 2. The van der Waals surface area contributed by atoms with Gasteiger partial charge in [-0.05, 0) is 25.5 Å². The average Bonchev–Trinajstić information content (AvgIpc) is 2.19. The van der Waals surface area contributed by atoms with Crippen molar-refractivity contribution in [2.24, 2.45) is 0 Å². The van der Waals surface area contributed by atoms with Crippen LogP contribution in [0.5, 0.6) is 0 Å². The van der Waals surface area contributed by atoms with Crippen LogP contribution in [0.2, 0.25) is 0 Å². The summed E-state index contributed by atoms with van der Waals surface area (Å²) in [6, 6.07) is 1.89. The molecule has 2 rings (SSSR count). The maximum absolute atomic E-state index is 11.5. The summed E-state index contributed by atoms with van der Waals surface area (Å²) in [6.45, 7) is 1.87. The lowest BCUT2D eigenvalue weighted by Gasteiger charge is -2.24. The smallest absolute Gasteiger partial charge is 0.349 e. The molecule has 5 nitrogen and oxygen atoms in total. The van der Waals surface area contributed by atoms with Crippen LogP contribution in [0, 0.1) is 0 Å². The largest absolute Gasteiger partial charge is 0.383 e. The minimum Gasteiger partial charge on any atom is -0.383 e. The molecule has 5 heteroatoms. The van der Waals surface area contributed by atoms with Crippen LogP contribution in [0.25, 0.3) is 0 Å². The van der Waals surface area contributed by atoms with Crippen molar-refractivity contribution in [2.45, 2.75) is 18.9 Å².